The number of nitrogens with zero attached hydrogens (tertiary/aromatic N) is 5. The lowest BCUT2D eigenvalue weighted by atomic mass is 10.0. The van der Waals surface area contributed by atoms with E-state index in [0.717, 1.165) is 45.3 Å². The molecule has 1 N–H and O–H groups in total. The number of hydrogen-bond acceptors (Lipinski definition) is 6. The fourth-order valence-electron chi connectivity index (χ4n) is 3.56. The lowest BCUT2D eigenvalue weighted by molar-refractivity contribution is 0.00693. The molecule has 0 radical (unpaired) electrons. The number of rotatable bonds is 5. The summed E-state index contributed by atoms with van der Waals surface area (Å²) in [6.07, 6.45) is 3.50. The topological polar surface area (TPSA) is 73.8 Å². The van der Waals surface area contributed by atoms with Crippen LogP contribution in [0, 0.1) is 5.92 Å². The van der Waals surface area contributed by atoms with Crippen molar-refractivity contribution in [2.45, 2.75) is 19.9 Å². The van der Waals surface area contributed by atoms with E-state index in [-0.39, 0.29) is 6.03 Å². The van der Waals surface area contributed by atoms with Gasteiger partial charge >= 0.3 is 6.03 Å². The molecule has 1 atom stereocenters. The van der Waals surface area contributed by atoms with Gasteiger partial charge in [-0.3, -0.25) is 4.90 Å². The van der Waals surface area contributed by atoms with Gasteiger partial charge in [-0.1, -0.05) is 13.8 Å². The Hall–Kier alpha value is -1.93. The average molecular weight is 362 g/mol. The molecule has 0 aromatic carbocycles. The Labute approximate surface area is 155 Å². The first-order chi connectivity index (χ1) is 12.6. The molecule has 0 aliphatic carbocycles. The summed E-state index contributed by atoms with van der Waals surface area (Å²) in [5.41, 5.74) is 0. The molecule has 1 aromatic rings. The highest BCUT2D eigenvalue weighted by molar-refractivity contribution is 5.74. The molecule has 8 heteroatoms. The van der Waals surface area contributed by atoms with Crippen LogP contribution in [0.3, 0.4) is 0 Å². The Bertz CT molecular complexity index is 556. The Morgan fingerprint density at radius 1 is 1.12 bits per heavy atom. The van der Waals surface area contributed by atoms with E-state index in [1.54, 1.807) is 12.4 Å². The minimum Gasteiger partial charge on any atom is -0.379 e. The van der Waals surface area contributed by atoms with Gasteiger partial charge in [0.2, 0.25) is 5.95 Å². The predicted octanol–water partition coefficient (Wildman–Crippen LogP) is 0.665. The molecule has 2 aliphatic heterocycles. The number of morpholine rings is 1. The fourth-order valence-corrected chi connectivity index (χ4v) is 3.56. The molecular formula is C18H30N6O2. The van der Waals surface area contributed by atoms with Crippen LogP contribution < -0.4 is 10.2 Å². The molecule has 3 heterocycles. The SMILES string of the molecule is CC(C)C(CNC(=O)N1CCN(c2ncccn2)CC1)N1CCOCC1. The van der Waals surface area contributed by atoms with Crippen molar-refractivity contribution in [1.29, 1.82) is 0 Å². The normalized spacial score (nSPS) is 20.3. The molecule has 2 saturated heterocycles. The monoisotopic (exact) mass is 362 g/mol. The molecule has 0 saturated carbocycles. The molecule has 0 bridgehead atoms. The number of hydrogen-bond donors (Lipinski definition) is 1. The summed E-state index contributed by atoms with van der Waals surface area (Å²) in [6, 6.07) is 2.19. The van der Waals surface area contributed by atoms with Gasteiger partial charge in [-0.05, 0) is 12.0 Å². The average Bonchev–Trinajstić information content (AvgIpc) is 2.69. The smallest absolute Gasteiger partial charge is 0.317 e. The molecule has 1 aromatic heterocycles. The molecular weight excluding hydrogens is 332 g/mol. The zero-order valence-corrected chi connectivity index (χ0v) is 15.8. The van der Waals surface area contributed by atoms with Crippen molar-refractivity contribution in [3.05, 3.63) is 18.5 Å². The number of carbonyl (C=O) groups is 1. The van der Waals surface area contributed by atoms with E-state index < -0.39 is 0 Å². The third kappa shape index (κ3) is 4.82. The van der Waals surface area contributed by atoms with Crippen molar-refractivity contribution in [3.63, 3.8) is 0 Å². The van der Waals surface area contributed by atoms with Gasteiger partial charge < -0.3 is 19.9 Å². The van der Waals surface area contributed by atoms with E-state index in [0.29, 0.717) is 31.6 Å². The van der Waals surface area contributed by atoms with Crippen molar-refractivity contribution >= 4 is 12.0 Å². The van der Waals surface area contributed by atoms with E-state index in [4.69, 9.17) is 4.74 Å². The van der Waals surface area contributed by atoms with E-state index in [1.165, 1.54) is 0 Å². The third-order valence-corrected chi connectivity index (χ3v) is 5.15. The van der Waals surface area contributed by atoms with Crippen LogP contribution in [0.4, 0.5) is 10.7 Å². The van der Waals surface area contributed by atoms with Crippen molar-refractivity contribution in [2.24, 2.45) is 5.92 Å². The summed E-state index contributed by atoms with van der Waals surface area (Å²) in [4.78, 5) is 27.6. The fraction of sp³-hybridized carbons (Fsp3) is 0.722. The van der Waals surface area contributed by atoms with Crippen LogP contribution in [0.2, 0.25) is 0 Å². The molecule has 2 fully saturated rings. The molecule has 8 nitrogen and oxygen atoms in total. The van der Waals surface area contributed by atoms with Crippen LogP contribution in [0.25, 0.3) is 0 Å². The number of urea groups is 1. The van der Waals surface area contributed by atoms with Crippen molar-refractivity contribution in [3.8, 4) is 0 Å². The molecule has 0 spiro atoms. The molecule has 1 unspecified atom stereocenters. The predicted molar refractivity (Wildman–Crippen MR) is 100 cm³/mol. The van der Waals surface area contributed by atoms with Crippen molar-refractivity contribution in [1.82, 2.24) is 25.1 Å². The van der Waals surface area contributed by atoms with Gasteiger partial charge in [0.25, 0.3) is 0 Å². The van der Waals surface area contributed by atoms with Crippen LogP contribution in [-0.2, 0) is 4.74 Å². The van der Waals surface area contributed by atoms with Gasteiger partial charge in [0.15, 0.2) is 0 Å². The highest BCUT2D eigenvalue weighted by Crippen LogP contribution is 2.13. The Balaban J connectivity index is 1.46. The van der Waals surface area contributed by atoms with Gasteiger partial charge in [0.05, 0.1) is 13.2 Å². The Kier molecular flexibility index (Phi) is 6.62. The maximum atomic E-state index is 12.6. The first kappa shape index (κ1) is 18.8. The van der Waals surface area contributed by atoms with Crippen molar-refractivity contribution < 1.29 is 9.53 Å². The van der Waals surface area contributed by atoms with Crippen molar-refractivity contribution in [2.75, 3.05) is 63.9 Å². The summed E-state index contributed by atoms with van der Waals surface area (Å²) in [7, 11) is 0. The number of piperazine rings is 1. The summed E-state index contributed by atoms with van der Waals surface area (Å²) in [5, 5.41) is 3.14. The van der Waals surface area contributed by atoms with Gasteiger partial charge in [-0.25, -0.2) is 14.8 Å². The lowest BCUT2D eigenvalue weighted by Gasteiger charge is -2.38. The Morgan fingerprint density at radius 3 is 2.38 bits per heavy atom. The molecule has 3 rings (SSSR count). The standard InChI is InChI=1S/C18H30N6O2/c1-15(2)16(22-10-12-26-13-11-22)14-21-18(25)24-8-6-23(7-9-24)17-19-4-3-5-20-17/h3-5,15-16H,6-14H2,1-2H3,(H,21,25). The molecule has 2 aliphatic rings. The molecule has 144 valence electrons. The highest BCUT2D eigenvalue weighted by Gasteiger charge is 2.26. The summed E-state index contributed by atoms with van der Waals surface area (Å²) < 4.78 is 5.44. The van der Waals surface area contributed by atoms with Crippen LogP contribution >= 0.6 is 0 Å². The summed E-state index contributed by atoms with van der Waals surface area (Å²) in [5.74, 6) is 1.22. The largest absolute Gasteiger partial charge is 0.379 e. The second-order valence-electron chi connectivity index (χ2n) is 7.17. The second kappa shape index (κ2) is 9.14. The maximum absolute atomic E-state index is 12.6. The minimum absolute atomic E-state index is 0.0255. The number of nitrogens with one attached hydrogen (secondary N) is 1. The molecule has 26 heavy (non-hydrogen) atoms. The van der Waals surface area contributed by atoms with Gasteiger partial charge in [-0.15, -0.1) is 0 Å². The Morgan fingerprint density at radius 2 is 1.77 bits per heavy atom. The minimum atomic E-state index is 0.0255. The second-order valence-corrected chi connectivity index (χ2v) is 7.17. The van der Waals surface area contributed by atoms with Crippen LogP contribution in [-0.4, -0.2) is 90.9 Å². The first-order valence-corrected chi connectivity index (χ1v) is 9.51. The third-order valence-electron chi connectivity index (χ3n) is 5.15. The highest BCUT2D eigenvalue weighted by atomic mass is 16.5. The summed E-state index contributed by atoms with van der Waals surface area (Å²) in [6.45, 7) is 11.4. The van der Waals surface area contributed by atoms with E-state index >= 15 is 0 Å². The first-order valence-electron chi connectivity index (χ1n) is 9.51. The van der Waals surface area contributed by atoms with E-state index in [1.807, 2.05) is 11.0 Å². The van der Waals surface area contributed by atoms with E-state index in [2.05, 4.69) is 38.9 Å². The molecule has 2 amide bonds. The number of anilines is 1. The lowest BCUT2D eigenvalue weighted by Crippen LogP contribution is -2.55. The number of carbonyl (C=O) groups excluding carboxylic acids is 1. The van der Waals surface area contributed by atoms with Gasteiger partial charge in [-0.2, -0.15) is 0 Å². The van der Waals surface area contributed by atoms with Gasteiger partial charge in [0, 0.05) is 64.2 Å². The maximum Gasteiger partial charge on any atom is 0.317 e. The van der Waals surface area contributed by atoms with Crippen LogP contribution in [0.1, 0.15) is 13.8 Å². The summed E-state index contributed by atoms with van der Waals surface area (Å²) >= 11 is 0. The zero-order valence-electron chi connectivity index (χ0n) is 15.8. The van der Waals surface area contributed by atoms with Crippen LogP contribution in [0.15, 0.2) is 18.5 Å². The van der Waals surface area contributed by atoms with Gasteiger partial charge in [0.1, 0.15) is 0 Å². The number of aromatic nitrogens is 2. The van der Waals surface area contributed by atoms with E-state index in [9.17, 15) is 4.79 Å². The quantitative estimate of drug-likeness (QED) is 0.830. The number of ether oxygens (including phenoxy) is 1. The number of amides is 2. The van der Waals surface area contributed by atoms with Crippen LogP contribution in [0.5, 0.6) is 0 Å². The zero-order chi connectivity index (χ0) is 18.4.